The van der Waals surface area contributed by atoms with E-state index in [1.165, 1.54) is 27.6 Å². The molecule has 34 heavy (non-hydrogen) atoms. The molecule has 1 aliphatic heterocycles. The summed E-state index contributed by atoms with van der Waals surface area (Å²) in [5.41, 5.74) is 1.34. The van der Waals surface area contributed by atoms with Gasteiger partial charge in [0.2, 0.25) is 5.78 Å². The van der Waals surface area contributed by atoms with Crippen molar-refractivity contribution < 1.29 is 19.4 Å². The quantitative estimate of drug-likeness (QED) is 0.284. The molecule has 9 heteroatoms. The predicted octanol–water partition coefficient (Wildman–Crippen LogP) is 6.58. The Kier molecular flexibility index (Phi) is 6.12. The Labute approximate surface area is 208 Å². The van der Waals surface area contributed by atoms with Gasteiger partial charge in [0.1, 0.15) is 5.75 Å². The molecule has 0 saturated heterocycles. The van der Waals surface area contributed by atoms with Gasteiger partial charge in [0.15, 0.2) is 10.9 Å². The molecule has 0 spiro atoms. The molecule has 1 amide bonds. The maximum absolute atomic E-state index is 13.4. The van der Waals surface area contributed by atoms with E-state index in [1.807, 2.05) is 25.1 Å². The molecule has 0 bridgehead atoms. The zero-order valence-electron chi connectivity index (χ0n) is 18.0. The standard InChI is InChI=1S/C25H19ClN2O4S2/c1-2-10-32-16-6-3-5-14(12-16)21-20(22(29)18-7-4-11-33-18)23(30)24(31)28(21)25-27-17-9-8-15(26)13-19(17)34-25/h3-9,11-13,21,30H,2,10H2,1H3. The number of carbonyl (C=O) groups excluding carboxylic acids is 2. The average Bonchev–Trinajstić information content (AvgIpc) is 3.56. The highest BCUT2D eigenvalue weighted by Crippen LogP contribution is 2.45. The van der Waals surface area contributed by atoms with Crippen molar-refractivity contribution in [2.45, 2.75) is 19.4 Å². The minimum absolute atomic E-state index is 0.0254. The van der Waals surface area contributed by atoms with Crippen molar-refractivity contribution >= 4 is 61.3 Å². The Hall–Kier alpha value is -3.20. The summed E-state index contributed by atoms with van der Waals surface area (Å²) in [5, 5.41) is 13.6. The van der Waals surface area contributed by atoms with Crippen LogP contribution in [-0.4, -0.2) is 28.4 Å². The number of fused-ring (bicyclic) bond motifs is 1. The molecule has 1 atom stereocenters. The van der Waals surface area contributed by atoms with Gasteiger partial charge in [-0.2, -0.15) is 0 Å². The number of thiazole rings is 1. The number of anilines is 1. The van der Waals surface area contributed by atoms with Gasteiger partial charge in [-0.05, 0) is 53.8 Å². The van der Waals surface area contributed by atoms with Gasteiger partial charge in [-0.1, -0.05) is 48.1 Å². The molecule has 0 saturated carbocycles. The molecule has 1 N–H and O–H groups in total. The highest BCUT2D eigenvalue weighted by atomic mass is 35.5. The summed E-state index contributed by atoms with van der Waals surface area (Å²) < 4.78 is 6.58. The first-order valence-corrected chi connectivity index (χ1v) is 12.7. The van der Waals surface area contributed by atoms with E-state index in [-0.39, 0.29) is 5.57 Å². The maximum atomic E-state index is 13.4. The second-order valence-electron chi connectivity index (χ2n) is 7.68. The Morgan fingerprint density at radius 3 is 2.82 bits per heavy atom. The number of thiophene rings is 1. The number of amides is 1. The van der Waals surface area contributed by atoms with Gasteiger partial charge in [-0.3, -0.25) is 14.5 Å². The van der Waals surface area contributed by atoms with Crippen LogP contribution in [-0.2, 0) is 4.79 Å². The third-order valence-corrected chi connectivity index (χ3v) is 7.51. The lowest BCUT2D eigenvalue weighted by molar-refractivity contribution is -0.117. The van der Waals surface area contributed by atoms with Gasteiger partial charge in [0.05, 0.1) is 33.3 Å². The van der Waals surface area contributed by atoms with Crippen LogP contribution in [0.25, 0.3) is 10.2 Å². The molecule has 5 rings (SSSR count). The van der Waals surface area contributed by atoms with Gasteiger partial charge in [-0.25, -0.2) is 4.98 Å². The number of hydrogen-bond donors (Lipinski definition) is 1. The Morgan fingerprint density at radius 1 is 1.21 bits per heavy atom. The van der Waals surface area contributed by atoms with Crippen molar-refractivity contribution in [1.82, 2.24) is 4.98 Å². The smallest absolute Gasteiger partial charge is 0.296 e. The molecule has 1 unspecified atom stereocenters. The lowest BCUT2D eigenvalue weighted by Gasteiger charge is -2.24. The number of carbonyl (C=O) groups is 2. The van der Waals surface area contributed by atoms with Crippen LogP contribution in [0.5, 0.6) is 5.75 Å². The van der Waals surface area contributed by atoms with Crippen molar-refractivity contribution in [3.05, 3.63) is 86.8 Å². The maximum Gasteiger partial charge on any atom is 0.296 e. The number of ether oxygens (including phenoxy) is 1. The molecule has 2 aromatic carbocycles. The largest absolute Gasteiger partial charge is 0.503 e. The van der Waals surface area contributed by atoms with Gasteiger partial charge < -0.3 is 9.84 Å². The van der Waals surface area contributed by atoms with Crippen LogP contribution < -0.4 is 9.64 Å². The zero-order valence-corrected chi connectivity index (χ0v) is 20.4. The number of aliphatic hydroxyl groups excluding tert-OH is 1. The van der Waals surface area contributed by atoms with E-state index in [9.17, 15) is 14.7 Å². The molecule has 0 radical (unpaired) electrons. The Morgan fingerprint density at radius 2 is 2.06 bits per heavy atom. The predicted molar refractivity (Wildman–Crippen MR) is 135 cm³/mol. The third-order valence-electron chi connectivity index (χ3n) is 5.39. The number of rotatable bonds is 7. The number of ketones is 1. The lowest BCUT2D eigenvalue weighted by atomic mass is 9.95. The number of hydrogen-bond acceptors (Lipinski definition) is 7. The fraction of sp³-hybridized carbons (Fsp3) is 0.160. The molecule has 2 aromatic heterocycles. The Balaban J connectivity index is 1.66. The summed E-state index contributed by atoms with van der Waals surface area (Å²) in [6.45, 7) is 2.55. The molecule has 0 aliphatic carbocycles. The van der Waals surface area contributed by atoms with Crippen LogP contribution in [0.3, 0.4) is 0 Å². The van der Waals surface area contributed by atoms with Gasteiger partial charge in [0, 0.05) is 5.02 Å². The monoisotopic (exact) mass is 510 g/mol. The van der Waals surface area contributed by atoms with Crippen LogP contribution in [0.1, 0.15) is 34.6 Å². The number of nitrogens with zero attached hydrogens (tertiary/aromatic N) is 2. The highest BCUT2D eigenvalue weighted by Gasteiger charge is 2.46. The van der Waals surface area contributed by atoms with E-state index in [4.69, 9.17) is 16.3 Å². The van der Waals surface area contributed by atoms with E-state index in [2.05, 4.69) is 4.98 Å². The van der Waals surface area contributed by atoms with Crippen LogP contribution in [0, 0.1) is 0 Å². The molecular formula is C25H19ClN2O4S2. The van der Waals surface area contributed by atoms with Crippen molar-refractivity contribution in [2.24, 2.45) is 0 Å². The molecule has 0 fully saturated rings. The number of benzene rings is 2. The SMILES string of the molecule is CCCOc1cccc(C2C(C(=O)c3cccs3)=C(O)C(=O)N2c2nc3ccc(Cl)cc3s2)c1. The fourth-order valence-corrected chi connectivity index (χ4v) is 5.82. The normalized spacial score (nSPS) is 16.0. The fourth-order valence-electron chi connectivity index (χ4n) is 3.87. The van der Waals surface area contributed by atoms with Gasteiger partial charge >= 0.3 is 0 Å². The average molecular weight is 511 g/mol. The first-order valence-electron chi connectivity index (χ1n) is 10.6. The number of aromatic nitrogens is 1. The van der Waals surface area contributed by atoms with E-state index >= 15 is 0 Å². The number of aliphatic hydroxyl groups is 1. The van der Waals surface area contributed by atoms with Gasteiger partial charge in [0.25, 0.3) is 5.91 Å². The minimum atomic E-state index is -0.858. The Bertz CT molecular complexity index is 1430. The van der Waals surface area contributed by atoms with Crippen molar-refractivity contribution in [2.75, 3.05) is 11.5 Å². The molecule has 4 aromatic rings. The summed E-state index contributed by atoms with van der Waals surface area (Å²) in [7, 11) is 0. The van der Waals surface area contributed by atoms with Crippen LogP contribution in [0.15, 0.2) is 71.3 Å². The molecule has 3 heterocycles. The van der Waals surface area contributed by atoms with E-state index in [0.717, 1.165) is 11.1 Å². The number of Topliss-reactive ketones (excluding diaryl/α,β-unsaturated/α-hetero) is 1. The summed E-state index contributed by atoms with van der Waals surface area (Å²) >= 11 is 8.67. The second kappa shape index (κ2) is 9.21. The van der Waals surface area contributed by atoms with Crippen molar-refractivity contribution in [3.63, 3.8) is 0 Å². The van der Waals surface area contributed by atoms with E-state index in [0.29, 0.717) is 38.5 Å². The van der Waals surface area contributed by atoms with Gasteiger partial charge in [-0.15, -0.1) is 11.3 Å². The van der Waals surface area contributed by atoms with Crippen molar-refractivity contribution in [3.8, 4) is 5.75 Å². The van der Waals surface area contributed by atoms with Crippen LogP contribution in [0.2, 0.25) is 5.02 Å². The summed E-state index contributed by atoms with van der Waals surface area (Å²) in [6, 6.07) is 15.1. The first kappa shape index (κ1) is 22.6. The molecular weight excluding hydrogens is 492 g/mol. The van der Waals surface area contributed by atoms with E-state index in [1.54, 1.807) is 41.8 Å². The molecule has 1 aliphatic rings. The second-order valence-corrected chi connectivity index (χ2v) is 10.1. The first-order chi connectivity index (χ1) is 16.5. The number of halogens is 1. The zero-order chi connectivity index (χ0) is 23.8. The van der Waals surface area contributed by atoms with Crippen molar-refractivity contribution in [1.29, 1.82) is 0 Å². The van der Waals surface area contributed by atoms with E-state index < -0.39 is 23.5 Å². The lowest BCUT2D eigenvalue weighted by Crippen LogP contribution is -2.30. The third kappa shape index (κ3) is 3.98. The van der Waals surface area contributed by atoms with Crippen LogP contribution in [0.4, 0.5) is 5.13 Å². The summed E-state index contributed by atoms with van der Waals surface area (Å²) in [4.78, 5) is 33.2. The van der Waals surface area contributed by atoms with Crippen LogP contribution >= 0.6 is 34.3 Å². The molecule has 6 nitrogen and oxygen atoms in total. The highest BCUT2D eigenvalue weighted by molar-refractivity contribution is 7.22. The molecule has 172 valence electrons. The minimum Gasteiger partial charge on any atom is -0.503 e. The topological polar surface area (TPSA) is 79.7 Å². The summed E-state index contributed by atoms with van der Waals surface area (Å²) in [6.07, 6.45) is 0.843. The summed E-state index contributed by atoms with van der Waals surface area (Å²) in [5.74, 6) is -1.01.